The van der Waals surface area contributed by atoms with Gasteiger partial charge in [0.05, 0.1) is 6.04 Å². The van der Waals surface area contributed by atoms with E-state index >= 15 is 0 Å². The summed E-state index contributed by atoms with van der Waals surface area (Å²) in [6.07, 6.45) is 9.27. The van der Waals surface area contributed by atoms with Crippen LogP contribution in [0.25, 0.3) is 0 Å². The minimum atomic E-state index is -0.309. The van der Waals surface area contributed by atoms with Gasteiger partial charge in [0.1, 0.15) is 0 Å². The van der Waals surface area contributed by atoms with Crippen molar-refractivity contribution in [3.63, 3.8) is 0 Å². The van der Waals surface area contributed by atoms with Crippen LogP contribution in [-0.4, -0.2) is 19.4 Å². The number of rotatable bonds is 12. The van der Waals surface area contributed by atoms with E-state index < -0.39 is 0 Å². The molecule has 0 amide bonds. The van der Waals surface area contributed by atoms with Crippen molar-refractivity contribution in [2.45, 2.75) is 58.4 Å². The molecule has 1 aromatic rings. The molecule has 0 heterocycles. The van der Waals surface area contributed by atoms with Crippen molar-refractivity contribution in [2.75, 3.05) is 18.4 Å². The van der Waals surface area contributed by atoms with E-state index in [4.69, 9.17) is 0 Å². The zero-order valence-electron chi connectivity index (χ0n) is 13.5. The molecule has 3 heteroatoms. The van der Waals surface area contributed by atoms with Gasteiger partial charge in [0.15, 0.2) is 0 Å². The Morgan fingerprint density at radius 1 is 0.952 bits per heavy atom. The Labute approximate surface area is 129 Å². The minimum absolute atomic E-state index is 0.309. The van der Waals surface area contributed by atoms with Crippen molar-refractivity contribution in [3.8, 4) is 0 Å². The number of carbonyl (C=O) groups excluding carboxylic acids is 1. The lowest BCUT2D eigenvalue weighted by Crippen LogP contribution is -2.23. The Hall–Kier alpha value is -1.35. The molecule has 0 bridgehead atoms. The number of hydrogen-bond donors (Lipinski definition) is 2. The predicted molar refractivity (Wildman–Crippen MR) is 90.4 cm³/mol. The summed E-state index contributed by atoms with van der Waals surface area (Å²) in [5.41, 5.74) is 2.10. The van der Waals surface area contributed by atoms with E-state index in [0.717, 1.165) is 30.8 Å². The molecular weight excluding hydrogens is 260 g/mol. The first kappa shape index (κ1) is 17.7. The molecule has 1 atom stereocenters. The highest BCUT2D eigenvalue weighted by atomic mass is 16.1. The van der Waals surface area contributed by atoms with Crippen LogP contribution >= 0.6 is 0 Å². The van der Waals surface area contributed by atoms with E-state index in [1.165, 1.54) is 32.1 Å². The molecule has 0 aromatic heterocycles. The van der Waals surface area contributed by atoms with Crippen LogP contribution in [0.5, 0.6) is 0 Å². The van der Waals surface area contributed by atoms with Crippen LogP contribution in [0.15, 0.2) is 24.3 Å². The summed E-state index contributed by atoms with van der Waals surface area (Å²) in [6, 6.07) is 7.78. The second kappa shape index (κ2) is 11.3. The summed E-state index contributed by atoms with van der Waals surface area (Å²) in [5, 5.41) is 6.66. The van der Waals surface area contributed by atoms with Gasteiger partial charge < -0.3 is 10.6 Å². The first-order valence-electron chi connectivity index (χ1n) is 8.26. The number of benzene rings is 1. The van der Waals surface area contributed by atoms with E-state index in [0.29, 0.717) is 0 Å². The van der Waals surface area contributed by atoms with Gasteiger partial charge in [-0.2, -0.15) is 0 Å². The highest BCUT2D eigenvalue weighted by Gasteiger charge is 2.09. The first-order valence-corrected chi connectivity index (χ1v) is 8.26. The Kier molecular flexibility index (Phi) is 9.55. The quantitative estimate of drug-likeness (QED) is 0.566. The van der Waals surface area contributed by atoms with Crippen LogP contribution in [0.3, 0.4) is 0 Å². The summed E-state index contributed by atoms with van der Waals surface area (Å²) in [6.45, 7) is 6.25. The van der Waals surface area contributed by atoms with Gasteiger partial charge in [0.2, 0.25) is 6.29 Å². The normalized spacial score (nSPS) is 12.1. The number of anilines is 1. The monoisotopic (exact) mass is 289 g/mol. The molecule has 0 aliphatic carbocycles. The molecule has 0 aliphatic rings. The van der Waals surface area contributed by atoms with E-state index in [1.54, 1.807) is 0 Å². The smallest absolute Gasteiger partial charge is 0.221 e. The van der Waals surface area contributed by atoms with Crippen molar-refractivity contribution in [1.82, 2.24) is 5.32 Å². The zero-order chi connectivity index (χ0) is 15.3. The van der Waals surface area contributed by atoms with Crippen LogP contribution in [0.2, 0.25) is 0 Å². The number of unbranched alkanes of at least 4 members (excludes halogenated alkanes) is 4. The van der Waals surface area contributed by atoms with Crippen molar-refractivity contribution in [2.24, 2.45) is 0 Å². The fraction of sp³-hybridized carbons (Fsp3) is 0.611. The molecule has 0 fully saturated rings. The van der Waals surface area contributed by atoms with E-state index in [2.05, 4.69) is 30.8 Å². The maximum atomic E-state index is 11.1. The average molecular weight is 289 g/mol. The first-order chi connectivity index (χ1) is 10.3. The molecule has 3 nitrogen and oxygen atoms in total. The fourth-order valence-electron chi connectivity index (χ4n) is 2.25. The lowest BCUT2D eigenvalue weighted by atomic mass is 10.1. The standard InChI is InChI=1S/C18H29N2O/c1-3-5-7-13-19-17-11-9-16(10-12-17)18(15-21)20-14-8-6-4-2/h9-12,18-20H,3-8,13-14H2,1-2H3. The third-order valence-electron chi connectivity index (χ3n) is 3.60. The van der Waals surface area contributed by atoms with Gasteiger partial charge in [-0.3, -0.25) is 4.79 Å². The summed E-state index contributed by atoms with van der Waals surface area (Å²) in [4.78, 5) is 11.1. The van der Waals surface area contributed by atoms with Crippen molar-refractivity contribution < 1.29 is 4.79 Å². The van der Waals surface area contributed by atoms with Gasteiger partial charge >= 0.3 is 0 Å². The van der Waals surface area contributed by atoms with Crippen LogP contribution < -0.4 is 10.6 Å². The zero-order valence-corrected chi connectivity index (χ0v) is 13.5. The van der Waals surface area contributed by atoms with Crippen molar-refractivity contribution >= 4 is 12.0 Å². The minimum Gasteiger partial charge on any atom is -0.385 e. The van der Waals surface area contributed by atoms with E-state index in [1.807, 2.05) is 24.3 Å². The Morgan fingerprint density at radius 2 is 1.57 bits per heavy atom. The molecule has 1 radical (unpaired) electrons. The molecule has 1 unspecified atom stereocenters. The summed E-state index contributed by atoms with van der Waals surface area (Å²) in [5.74, 6) is 0. The van der Waals surface area contributed by atoms with Gasteiger partial charge in [-0.05, 0) is 37.1 Å². The molecule has 0 aliphatic heterocycles. The fourth-order valence-corrected chi connectivity index (χ4v) is 2.25. The topological polar surface area (TPSA) is 41.1 Å². The second-order valence-electron chi connectivity index (χ2n) is 5.47. The van der Waals surface area contributed by atoms with E-state index in [9.17, 15) is 4.79 Å². The van der Waals surface area contributed by atoms with Gasteiger partial charge in [-0.1, -0.05) is 51.7 Å². The molecular formula is C18H29N2O. The maximum Gasteiger partial charge on any atom is 0.221 e. The largest absolute Gasteiger partial charge is 0.385 e. The van der Waals surface area contributed by atoms with Crippen LogP contribution in [0, 0.1) is 0 Å². The van der Waals surface area contributed by atoms with Crippen LogP contribution in [0.4, 0.5) is 5.69 Å². The van der Waals surface area contributed by atoms with Gasteiger partial charge in [0.25, 0.3) is 0 Å². The van der Waals surface area contributed by atoms with Crippen LogP contribution in [-0.2, 0) is 4.79 Å². The van der Waals surface area contributed by atoms with Gasteiger partial charge in [-0.15, -0.1) is 0 Å². The van der Waals surface area contributed by atoms with Gasteiger partial charge in [0, 0.05) is 12.2 Å². The highest BCUT2D eigenvalue weighted by molar-refractivity contribution is 5.63. The highest BCUT2D eigenvalue weighted by Crippen LogP contribution is 2.15. The number of hydrogen-bond acceptors (Lipinski definition) is 3. The molecule has 0 spiro atoms. The SMILES string of the molecule is CCCCCNc1ccc(C([C]=O)NCCCCC)cc1. The molecule has 2 N–H and O–H groups in total. The molecule has 21 heavy (non-hydrogen) atoms. The molecule has 1 aromatic carbocycles. The summed E-state index contributed by atoms with van der Waals surface area (Å²) < 4.78 is 0. The van der Waals surface area contributed by atoms with E-state index in [-0.39, 0.29) is 6.04 Å². The average Bonchev–Trinajstić information content (AvgIpc) is 2.53. The van der Waals surface area contributed by atoms with Crippen molar-refractivity contribution in [1.29, 1.82) is 0 Å². The Balaban J connectivity index is 2.40. The lowest BCUT2D eigenvalue weighted by Gasteiger charge is -2.13. The Morgan fingerprint density at radius 3 is 2.14 bits per heavy atom. The molecule has 117 valence electrons. The van der Waals surface area contributed by atoms with Crippen molar-refractivity contribution in [3.05, 3.63) is 29.8 Å². The lowest BCUT2D eigenvalue weighted by molar-refractivity contribution is 0.514. The third kappa shape index (κ3) is 7.28. The molecule has 1 rings (SSSR count). The number of nitrogens with one attached hydrogen (secondary N) is 2. The maximum absolute atomic E-state index is 11.1. The molecule has 0 saturated heterocycles. The third-order valence-corrected chi connectivity index (χ3v) is 3.60. The summed E-state index contributed by atoms with van der Waals surface area (Å²) in [7, 11) is 0. The van der Waals surface area contributed by atoms with Crippen LogP contribution in [0.1, 0.15) is 64.0 Å². The molecule has 0 saturated carbocycles. The summed E-state index contributed by atoms with van der Waals surface area (Å²) >= 11 is 0. The predicted octanol–water partition coefficient (Wildman–Crippen LogP) is 4.22. The Bertz CT molecular complexity index is 375. The van der Waals surface area contributed by atoms with Gasteiger partial charge in [-0.25, -0.2) is 0 Å². The second-order valence-corrected chi connectivity index (χ2v) is 5.47.